The number of hydrogen-bond donors (Lipinski definition) is 1. The molecule has 1 fully saturated rings. The number of thioether (sulfide) groups is 1. The molecule has 0 radical (unpaired) electrons. The predicted molar refractivity (Wildman–Crippen MR) is 152 cm³/mol. The Morgan fingerprint density at radius 3 is 2.65 bits per heavy atom. The highest BCUT2D eigenvalue weighted by Gasteiger charge is 2.43. The van der Waals surface area contributed by atoms with Gasteiger partial charge in [-0.15, -0.1) is 0 Å². The molecule has 0 saturated carbocycles. The largest absolute Gasteiger partial charge is 0.472 e. The van der Waals surface area contributed by atoms with Gasteiger partial charge in [0.25, 0.3) is 5.91 Å². The Morgan fingerprint density at radius 1 is 1.24 bits per heavy atom. The van der Waals surface area contributed by atoms with Crippen molar-refractivity contribution in [1.29, 1.82) is 0 Å². The standard InChI is InChI=1S/C25H33N5O4S2Si/c1-25(2,3)37(5,6)32-13-18-17(34-24(35)36-4)12-19(33-18)30-15-28-20-21(26-14-27-22(20)30)29-23(31)16-10-8-7-9-11-16/h7-11,14-15,17-19H,12-13H2,1-6H3,(H,26,27,29,31)/t17-,18-,19-/m1/s1. The van der Waals surface area contributed by atoms with Gasteiger partial charge in [-0.2, -0.15) is 0 Å². The predicted octanol–water partition coefficient (Wildman–Crippen LogP) is 5.42. The number of benzene rings is 1. The highest BCUT2D eigenvalue weighted by molar-refractivity contribution is 8.22. The van der Waals surface area contributed by atoms with Crippen LogP contribution in [0.3, 0.4) is 0 Å². The molecule has 4 rings (SSSR count). The number of fused-ring (bicyclic) bond motifs is 1. The maximum atomic E-state index is 12.7. The molecule has 3 aromatic rings. The molecule has 0 bridgehead atoms. The Morgan fingerprint density at radius 2 is 1.97 bits per heavy atom. The summed E-state index contributed by atoms with van der Waals surface area (Å²) in [6, 6.07) is 8.95. The van der Waals surface area contributed by atoms with Crippen LogP contribution >= 0.6 is 24.0 Å². The van der Waals surface area contributed by atoms with E-state index in [1.54, 1.807) is 18.5 Å². The van der Waals surface area contributed by atoms with E-state index >= 15 is 0 Å². The molecule has 1 amide bonds. The second-order valence-corrected chi connectivity index (χ2v) is 16.6. The quantitative estimate of drug-likeness (QED) is 0.300. The molecule has 3 heterocycles. The molecule has 198 valence electrons. The van der Waals surface area contributed by atoms with Crippen molar-refractivity contribution in [3.05, 3.63) is 48.5 Å². The first-order chi connectivity index (χ1) is 17.5. The van der Waals surface area contributed by atoms with Crippen LogP contribution in [0.2, 0.25) is 18.1 Å². The fourth-order valence-electron chi connectivity index (χ4n) is 3.75. The zero-order chi connectivity index (χ0) is 26.8. The minimum absolute atomic E-state index is 0.0774. The van der Waals surface area contributed by atoms with Crippen LogP contribution in [0.1, 0.15) is 43.8 Å². The summed E-state index contributed by atoms with van der Waals surface area (Å²) in [6.07, 6.45) is 4.54. The van der Waals surface area contributed by atoms with Gasteiger partial charge in [-0.25, -0.2) is 15.0 Å². The number of anilines is 1. The van der Waals surface area contributed by atoms with Crippen LogP contribution in [-0.2, 0) is 13.9 Å². The number of carbonyl (C=O) groups excluding carboxylic acids is 1. The Hall–Kier alpha value is -2.38. The number of thiocarbonyl (C=S) groups is 1. The first-order valence-corrected chi connectivity index (χ1v) is 16.6. The van der Waals surface area contributed by atoms with E-state index < -0.39 is 8.32 Å². The summed E-state index contributed by atoms with van der Waals surface area (Å²) in [6.45, 7) is 11.5. The summed E-state index contributed by atoms with van der Waals surface area (Å²) in [4.78, 5) is 25.9. The Bertz CT molecular complexity index is 1260. The van der Waals surface area contributed by atoms with E-state index in [4.69, 9.17) is 26.1 Å². The number of hydrogen-bond acceptors (Lipinski definition) is 9. The van der Waals surface area contributed by atoms with E-state index in [0.29, 0.717) is 40.0 Å². The van der Waals surface area contributed by atoms with E-state index in [1.807, 2.05) is 29.0 Å². The zero-order valence-electron chi connectivity index (χ0n) is 21.9. The number of carbonyl (C=O) groups is 1. The summed E-state index contributed by atoms with van der Waals surface area (Å²) in [5, 5.41) is 2.92. The summed E-state index contributed by atoms with van der Waals surface area (Å²) >= 11 is 6.74. The average molecular weight is 560 g/mol. The van der Waals surface area contributed by atoms with Gasteiger partial charge in [0.1, 0.15) is 24.8 Å². The minimum Gasteiger partial charge on any atom is -0.472 e. The second kappa shape index (κ2) is 11.2. The van der Waals surface area contributed by atoms with E-state index in [1.165, 1.54) is 18.1 Å². The molecule has 1 N–H and O–H groups in total. The summed E-state index contributed by atoms with van der Waals surface area (Å²) in [5.74, 6) is 0.0684. The molecule has 3 atom stereocenters. The molecule has 9 nitrogen and oxygen atoms in total. The first-order valence-electron chi connectivity index (χ1n) is 12.1. The van der Waals surface area contributed by atoms with Gasteiger partial charge in [0, 0.05) is 12.0 Å². The van der Waals surface area contributed by atoms with E-state index in [-0.39, 0.29) is 29.4 Å². The van der Waals surface area contributed by atoms with Crippen molar-refractivity contribution in [3.63, 3.8) is 0 Å². The van der Waals surface area contributed by atoms with Crippen LogP contribution < -0.4 is 5.32 Å². The zero-order valence-corrected chi connectivity index (χ0v) is 24.6. The lowest BCUT2D eigenvalue weighted by Gasteiger charge is -2.37. The molecule has 37 heavy (non-hydrogen) atoms. The Kier molecular flexibility index (Phi) is 8.34. The third-order valence-corrected chi connectivity index (χ3v) is 12.5. The van der Waals surface area contributed by atoms with Crippen LogP contribution in [0, 0.1) is 0 Å². The smallest absolute Gasteiger partial charge is 0.256 e. The molecule has 1 aromatic carbocycles. The third-order valence-electron chi connectivity index (χ3n) is 6.95. The molecular weight excluding hydrogens is 527 g/mol. The van der Waals surface area contributed by atoms with E-state index in [9.17, 15) is 4.79 Å². The number of nitrogens with one attached hydrogen (secondary N) is 1. The fraction of sp³-hybridized carbons (Fsp3) is 0.480. The van der Waals surface area contributed by atoms with Crippen molar-refractivity contribution in [2.75, 3.05) is 18.2 Å². The van der Waals surface area contributed by atoms with Gasteiger partial charge >= 0.3 is 0 Å². The van der Waals surface area contributed by atoms with E-state index in [0.717, 1.165) is 0 Å². The minimum atomic E-state index is -1.99. The fourth-order valence-corrected chi connectivity index (χ4v) is 5.10. The molecule has 1 saturated heterocycles. The van der Waals surface area contributed by atoms with Gasteiger partial charge in [-0.05, 0) is 48.7 Å². The lowest BCUT2D eigenvalue weighted by molar-refractivity contribution is -0.0373. The van der Waals surface area contributed by atoms with Crippen LogP contribution in [0.15, 0.2) is 43.0 Å². The van der Waals surface area contributed by atoms with Gasteiger partial charge < -0.3 is 19.2 Å². The van der Waals surface area contributed by atoms with Crippen molar-refractivity contribution in [3.8, 4) is 0 Å². The van der Waals surface area contributed by atoms with Gasteiger partial charge in [0.15, 0.2) is 25.3 Å². The van der Waals surface area contributed by atoms with Gasteiger partial charge in [-0.1, -0.05) is 50.7 Å². The SMILES string of the molecule is CSC(=S)O[C@@H]1C[C@H](n2cnc3c(NC(=O)c4ccccc4)ncnc32)O[C@@H]1CO[Si](C)(C)C(C)(C)C. The number of aromatic nitrogens is 4. The van der Waals surface area contributed by atoms with Gasteiger partial charge in [-0.3, -0.25) is 9.36 Å². The van der Waals surface area contributed by atoms with Gasteiger partial charge in [0.2, 0.25) is 4.38 Å². The van der Waals surface area contributed by atoms with Crippen molar-refractivity contribution < 1.29 is 18.7 Å². The Labute approximate surface area is 227 Å². The van der Waals surface area contributed by atoms with Crippen LogP contribution in [-0.4, -0.2) is 63.2 Å². The molecule has 0 spiro atoms. The van der Waals surface area contributed by atoms with Crippen molar-refractivity contribution in [2.45, 2.75) is 63.8 Å². The lowest BCUT2D eigenvalue weighted by Crippen LogP contribution is -2.44. The summed E-state index contributed by atoms with van der Waals surface area (Å²) < 4.78 is 21.3. The normalized spacial score (nSPS) is 20.2. The van der Waals surface area contributed by atoms with Crippen molar-refractivity contribution >= 4 is 59.6 Å². The van der Waals surface area contributed by atoms with Crippen molar-refractivity contribution in [1.82, 2.24) is 19.5 Å². The molecular formula is C25H33N5O4S2Si. The first kappa shape index (κ1) is 27.6. The molecule has 1 aliphatic heterocycles. The number of rotatable bonds is 7. The molecule has 0 aliphatic carbocycles. The average Bonchev–Trinajstić information content (AvgIpc) is 3.47. The monoisotopic (exact) mass is 559 g/mol. The second-order valence-electron chi connectivity index (χ2n) is 10.4. The maximum absolute atomic E-state index is 12.7. The summed E-state index contributed by atoms with van der Waals surface area (Å²) in [5.41, 5.74) is 1.57. The molecule has 2 aromatic heterocycles. The molecule has 12 heteroatoms. The van der Waals surface area contributed by atoms with Crippen molar-refractivity contribution in [2.24, 2.45) is 0 Å². The molecule has 0 unspecified atom stereocenters. The van der Waals surface area contributed by atoms with E-state index in [2.05, 4.69) is 54.1 Å². The number of imidazole rings is 1. The Balaban J connectivity index is 1.55. The van der Waals surface area contributed by atoms with Crippen LogP contribution in [0.5, 0.6) is 0 Å². The maximum Gasteiger partial charge on any atom is 0.256 e. The van der Waals surface area contributed by atoms with Crippen LogP contribution in [0.25, 0.3) is 11.2 Å². The number of ether oxygens (including phenoxy) is 2. The highest BCUT2D eigenvalue weighted by atomic mass is 32.2. The highest BCUT2D eigenvalue weighted by Crippen LogP contribution is 2.39. The number of nitrogens with zero attached hydrogens (tertiary/aromatic N) is 4. The van der Waals surface area contributed by atoms with Crippen LogP contribution in [0.4, 0.5) is 5.82 Å². The van der Waals surface area contributed by atoms with Gasteiger partial charge in [0.05, 0.1) is 12.9 Å². The summed E-state index contributed by atoms with van der Waals surface area (Å²) in [7, 11) is -1.99. The third kappa shape index (κ3) is 6.20. The molecule has 1 aliphatic rings. The lowest BCUT2D eigenvalue weighted by atomic mass is 10.2. The topological polar surface area (TPSA) is 100 Å². The number of amides is 1.